The lowest BCUT2D eigenvalue weighted by Crippen LogP contribution is -1.99. The highest BCUT2D eigenvalue weighted by Crippen LogP contribution is 2.29. The zero-order valence-corrected chi connectivity index (χ0v) is 11.1. The van der Waals surface area contributed by atoms with E-state index in [1.54, 1.807) is 19.4 Å². The van der Waals surface area contributed by atoms with E-state index in [0.29, 0.717) is 0 Å². The van der Waals surface area contributed by atoms with Crippen LogP contribution in [0.2, 0.25) is 0 Å². The van der Waals surface area contributed by atoms with Gasteiger partial charge in [-0.05, 0) is 48.7 Å². The number of ether oxygens (including phenoxy) is 1. The van der Waals surface area contributed by atoms with E-state index in [9.17, 15) is 4.79 Å². The average molecular weight is 257 g/mol. The molecule has 98 valence electrons. The molecular weight excluding hydrogens is 242 g/mol. The van der Waals surface area contributed by atoms with Crippen molar-refractivity contribution in [3.05, 3.63) is 47.3 Å². The first-order chi connectivity index (χ1) is 9.02. The van der Waals surface area contributed by atoms with Gasteiger partial charge in [-0.15, -0.1) is 0 Å². The van der Waals surface area contributed by atoms with E-state index in [1.165, 1.54) is 6.07 Å². The fourth-order valence-electron chi connectivity index (χ4n) is 2.00. The number of carboxylic acid groups (broad SMARTS) is 1. The van der Waals surface area contributed by atoms with Gasteiger partial charge in [0, 0.05) is 11.8 Å². The molecule has 0 aliphatic rings. The molecule has 0 fully saturated rings. The third kappa shape index (κ3) is 2.57. The molecule has 19 heavy (non-hydrogen) atoms. The molecule has 0 saturated carbocycles. The smallest absolute Gasteiger partial charge is 0.354 e. The van der Waals surface area contributed by atoms with E-state index in [2.05, 4.69) is 4.98 Å². The van der Waals surface area contributed by atoms with Gasteiger partial charge >= 0.3 is 5.97 Å². The molecule has 0 unspecified atom stereocenters. The van der Waals surface area contributed by atoms with E-state index < -0.39 is 5.97 Å². The average Bonchev–Trinajstić information content (AvgIpc) is 2.41. The van der Waals surface area contributed by atoms with E-state index in [0.717, 1.165) is 28.0 Å². The second-order valence-corrected chi connectivity index (χ2v) is 4.37. The highest BCUT2D eigenvalue weighted by molar-refractivity contribution is 5.85. The van der Waals surface area contributed by atoms with Crippen LogP contribution >= 0.6 is 0 Å². The molecule has 1 N–H and O–H groups in total. The molecule has 0 bridgehead atoms. The maximum absolute atomic E-state index is 10.8. The summed E-state index contributed by atoms with van der Waals surface area (Å²) in [6, 6.07) is 7.27. The Labute approximate surface area is 111 Å². The largest absolute Gasteiger partial charge is 0.496 e. The van der Waals surface area contributed by atoms with Crippen molar-refractivity contribution < 1.29 is 14.6 Å². The Morgan fingerprint density at radius 2 is 1.95 bits per heavy atom. The predicted molar refractivity (Wildman–Crippen MR) is 72.7 cm³/mol. The molecule has 0 aliphatic heterocycles. The summed E-state index contributed by atoms with van der Waals surface area (Å²) in [5.74, 6) is -0.175. The first kappa shape index (κ1) is 13.1. The lowest BCUT2D eigenvalue weighted by atomic mass is 9.99. The SMILES string of the molecule is COc1cc(C)c(-c2ccc(C(=O)O)nc2)cc1C. The number of aryl methyl sites for hydroxylation is 2. The van der Waals surface area contributed by atoms with Gasteiger partial charge in [-0.1, -0.05) is 6.07 Å². The number of pyridine rings is 1. The molecule has 1 aromatic carbocycles. The van der Waals surface area contributed by atoms with Crippen molar-refractivity contribution in [3.63, 3.8) is 0 Å². The van der Waals surface area contributed by atoms with Crippen LogP contribution in [0, 0.1) is 13.8 Å². The van der Waals surface area contributed by atoms with E-state index in [-0.39, 0.29) is 5.69 Å². The van der Waals surface area contributed by atoms with Crippen molar-refractivity contribution in [1.82, 2.24) is 4.98 Å². The Morgan fingerprint density at radius 1 is 1.21 bits per heavy atom. The van der Waals surface area contributed by atoms with E-state index >= 15 is 0 Å². The fourth-order valence-corrected chi connectivity index (χ4v) is 2.00. The van der Waals surface area contributed by atoms with Crippen molar-refractivity contribution in [2.45, 2.75) is 13.8 Å². The molecule has 0 radical (unpaired) electrons. The number of nitrogens with zero attached hydrogens (tertiary/aromatic N) is 1. The summed E-state index contributed by atoms with van der Waals surface area (Å²) in [4.78, 5) is 14.7. The standard InChI is InChI=1S/C15H15NO3/c1-9-7-14(19-3)10(2)6-12(9)11-4-5-13(15(17)18)16-8-11/h4-8H,1-3H3,(H,17,18). The van der Waals surface area contributed by atoms with Gasteiger partial charge in [0.25, 0.3) is 0 Å². The molecular formula is C15H15NO3. The van der Waals surface area contributed by atoms with Gasteiger partial charge in [0.05, 0.1) is 7.11 Å². The van der Waals surface area contributed by atoms with Crippen molar-refractivity contribution in [2.24, 2.45) is 0 Å². The minimum atomic E-state index is -1.02. The first-order valence-electron chi connectivity index (χ1n) is 5.88. The van der Waals surface area contributed by atoms with Gasteiger partial charge in [-0.2, -0.15) is 0 Å². The Balaban J connectivity index is 2.47. The third-order valence-electron chi connectivity index (χ3n) is 3.04. The van der Waals surface area contributed by atoms with Gasteiger partial charge in [-0.25, -0.2) is 9.78 Å². The van der Waals surface area contributed by atoms with Crippen molar-refractivity contribution in [1.29, 1.82) is 0 Å². The number of rotatable bonds is 3. The van der Waals surface area contributed by atoms with Crippen LogP contribution in [0.1, 0.15) is 21.6 Å². The van der Waals surface area contributed by atoms with Gasteiger partial charge < -0.3 is 9.84 Å². The summed E-state index contributed by atoms with van der Waals surface area (Å²) >= 11 is 0. The molecule has 0 spiro atoms. The molecule has 1 aromatic heterocycles. The molecule has 4 nitrogen and oxygen atoms in total. The van der Waals surface area contributed by atoms with Crippen LogP contribution in [0.3, 0.4) is 0 Å². The summed E-state index contributed by atoms with van der Waals surface area (Å²) in [7, 11) is 1.64. The molecule has 2 aromatic rings. The quantitative estimate of drug-likeness (QED) is 0.918. The lowest BCUT2D eigenvalue weighted by Gasteiger charge is -2.11. The Morgan fingerprint density at radius 3 is 2.47 bits per heavy atom. The molecule has 0 atom stereocenters. The lowest BCUT2D eigenvalue weighted by molar-refractivity contribution is 0.0690. The van der Waals surface area contributed by atoms with Crippen molar-refractivity contribution in [2.75, 3.05) is 7.11 Å². The summed E-state index contributed by atoms with van der Waals surface area (Å²) in [5.41, 5.74) is 4.07. The molecule has 0 amide bonds. The highest BCUT2D eigenvalue weighted by Gasteiger charge is 2.09. The van der Waals surface area contributed by atoms with Crippen LogP contribution in [-0.2, 0) is 0 Å². The molecule has 0 saturated heterocycles. The third-order valence-corrected chi connectivity index (χ3v) is 3.04. The fraction of sp³-hybridized carbons (Fsp3) is 0.200. The summed E-state index contributed by atoms with van der Waals surface area (Å²) in [6.07, 6.45) is 1.58. The maximum atomic E-state index is 10.8. The molecule has 2 rings (SSSR count). The van der Waals surface area contributed by atoms with Crippen LogP contribution in [0.25, 0.3) is 11.1 Å². The highest BCUT2D eigenvalue weighted by atomic mass is 16.5. The molecule has 0 aliphatic carbocycles. The Kier molecular flexibility index (Phi) is 3.51. The monoisotopic (exact) mass is 257 g/mol. The van der Waals surface area contributed by atoms with Gasteiger partial charge in [0.1, 0.15) is 11.4 Å². The Hall–Kier alpha value is -2.36. The number of benzene rings is 1. The number of carboxylic acids is 1. The molecule has 1 heterocycles. The second-order valence-electron chi connectivity index (χ2n) is 4.37. The van der Waals surface area contributed by atoms with Crippen LogP contribution in [0.15, 0.2) is 30.5 Å². The zero-order valence-electron chi connectivity index (χ0n) is 11.1. The number of aromatic carboxylic acids is 1. The van der Waals surface area contributed by atoms with Gasteiger partial charge in [0.2, 0.25) is 0 Å². The maximum Gasteiger partial charge on any atom is 0.354 e. The van der Waals surface area contributed by atoms with Crippen LogP contribution in [0.5, 0.6) is 5.75 Å². The predicted octanol–water partition coefficient (Wildman–Crippen LogP) is 3.07. The second kappa shape index (κ2) is 5.10. The topological polar surface area (TPSA) is 59.4 Å². The normalized spacial score (nSPS) is 10.3. The number of hydrogen-bond donors (Lipinski definition) is 1. The van der Waals surface area contributed by atoms with Crippen LogP contribution in [0.4, 0.5) is 0 Å². The van der Waals surface area contributed by atoms with Gasteiger partial charge in [0.15, 0.2) is 0 Å². The molecule has 4 heteroatoms. The number of methoxy groups -OCH3 is 1. The van der Waals surface area contributed by atoms with Crippen LogP contribution < -0.4 is 4.74 Å². The first-order valence-corrected chi connectivity index (χ1v) is 5.88. The number of aromatic nitrogens is 1. The van der Waals surface area contributed by atoms with E-state index in [4.69, 9.17) is 9.84 Å². The zero-order chi connectivity index (χ0) is 14.0. The number of carbonyl (C=O) groups is 1. The number of hydrogen-bond acceptors (Lipinski definition) is 3. The summed E-state index contributed by atoms with van der Waals surface area (Å²) < 4.78 is 5.27. The van der Waals surface area contributed by atoms with Crippen LogP contribution in [-0.4, -0.2) is 23.2 Å². The summed E-state index contributed by atoms with van der Waals surface area (Å²) in [5, 5.41) is 8.83. The van der Waals surface area contributed by atoms with Crippen molar-refractivity contribution in [3.8, 4) is 16.9 Å². The van der Waals surface area contributed by atoms with Crippen molar-refractivity contribution >= 4 is 5.97 Å². The minimum absolute atomic E-state index is 0.0478. The van der Waals surface area contributed by atoms with E-state index in [1.807, 2.05) is 26.0 Å². The Bertz CT molecular complexity index is 618. The summed E-state index contributed by atoms with van der Waals surface area (Å²) in [6.45, 7) is 3.96. The minimum Gasteiger partial charge on any atom is -0.496 e. The van der Waals surface area contributed by atoms with Gasteiger partial charge in [-0.3, -0.25) is 0 Å².